The van der Waals surface area contributed by atoms with Gasteiger partial charge >= 0.3 is 0 Å². The highest BCUT2D eigenvalue weighted by Gasteiger charge is 2.18. The number of methoxy groups -OCH3 is 1. The first-order valence-corrected chi connectivity index (χ1v) is 9.68. The van der Waals surface area contributed by atoms with Crippen molar-refractivity contribution in [1.29, 1.82) is 0 Å². The highest BCUT2D eigenvalue weighted by atomic mass is 35.5. The standard InChI is InChI=1S/C17H22ClN3O2S2/c1-4-21(5-2)9-8-19-17(24)20-16(22)15-14(18)12-7-6-11(23-3)10-13(12)25-15/h6-7,10H,4-5,8-9H2,1-3H3,(H2,19,20,22,24). The molecular weight excluding hydrogens is 378 g/mol. The summed E-state index contributed by atoms with van der Waals surface area (Å²) in [7, 11) is 1.60. The Morgan fingerprint density at radius 3 is 2.72 bits per heavy atom. The van der Waals surface area contributed by atoms with Crippen molar-refractivity contribution in [3.05, 3.63) is 28.1 Å². The number of nitrogens with one attached hydrogen (secondary N) is 2. The second kappa shape index (κ2) is 9.33. The van der Waals surface area contributed by atoms with E-state index in [4.69, 9.17) is 28.6 Å². The Labute approximate surface area is 162 Å². The monoisotopic (exact) mass is 399 g/mol. The number of rotatable bonds is 7. The highest BCUT2D eigenvalue weighted by Crippen LogP contribution is 2.37. The average Bonchev–Trinajstić information content (AvgIpc) is 2.95. The van der Waals surface area contributed by atoms with E-state index in [1.54, 1.807) is 7.11 Å². The van der Waals surface area contributed by atoms with Crippen LogP contribution in [0.3, 0.4) is 0 Å². The molecule has 0 bridgehead atoms. The molecule has 2 rings (SSSR count). The average molecular weight is 400 g/mol. The van der Waals surface area contributed by atoms with E-state index >= 15 is 0 Å². The number of hydrogen-bond acceptors (Lipinski definition) is 5. The fourth-order valence-electron chi connectivity index (χ4n) is 2.39. The lowest BCUT2D eigenvalue weighted by atomic mass is 10.2. The number of nitrogens with zero attached hydrogens (tertiary/aromatic N) is 1. The van der Waals surface area contributed by atoms with E-state index in [0.29, 0.717) is 21.6 Å². The van der Waals surface area contributed by atoms with E-state index in [0.717, 1.165) is 35.5 Å². The van der Waals surface area contributed by atoms with Crippen molar-refractivity contribution in [2.45, 2.75) is 13.8 Å². The number of carbonyl (C=O) groups excluding carboxylic acids is 1. The molecule has 0 atom stereocenters. The lowest BCUT2D eigenvalue weighted by Crippen LogP contribution is -2.42. The summed E-state index contributed by atoms with van der Waals surface area (Å²) >= 11 is 12.9. The molecule has 136 valence electrons. The molecule has 1 aromatic carbocycles. The number of hydrogen-bond donors (Lipinski definition) is 2. The summed E-state index contributed by atoms with van der Waals surface area (Å²) in [4.78, 5) is 15.2. The molecule has 0 spiro atoms. The smallest absolute Gasteiger partial charge is 0.269 e. The molecule has 0 radical (unpaired) electrons. The summed E-state index contributed by atoms with van der Waals surface area (Å²) < 4.78 is 6.10. The molecule has 0 aliphatic heterocycles. The first kappa shape index (κ1) is 19.9. The SMILES string of the molecule is CCN(CC)CCNC(=S)NC(=O)c1sc2cc(OC)ccc2c1Cl. The van der Waals surface area contributed by atoms with E-state index < -0.39 is 0 Å². The summed E-state index contributed by atoms with van der Waals surface area (Å²) in [5.74, 6) is 0.427. The zero-order valence-corrected chi connectivity index (χ0v) is 16.9. The summed E-state index contributed by atoms with van der Waals surface area (Å²) in [5.41, 5.74) is 0. The Kier molecular flexibility index (Phi) is 7.43. The van der Waals surface area contributed by atoms with Crippen LogP contribution in [0.2, 0.25) is 5.02 Å². The molecule has 0 unspecified atom stereocenters. The molecule has 0 aliphatic rings. The lowest BCUT2D eigenvalue weighted by molar-refractivity contribution is 0.0980. The second-order valence-electron chi connectivity index (χ2n) is 5.34. The molecule has 1 amide bonds. The Hall–Kier alpha value is -1.41. The summed E-state index contributed by atoms with van der Waals surface area (Å²) in [6, 6.07) is 5.54. The van der Waals surface area contributed by atoms with Gasteiger partial charge in [0, 0.05) is 23.2 Å². The van der Waals surface area contributed by atoms with Crippen LogP contribution in [0.25, 0.3) is 10.1 Å². The zero-order valence-electron chi connectivity index (χ0n) is 14.5. The number of ether oxygens (including phenoxy) is 1. The molecule has 0 fully saturated rings. The van der Waals surface area contributed by atoms with E-state index in [9.17, 15) is 4.79 Å². The van der Waals surface area contributed by atoms with Gasteiger partial charge in [0.1, 0.15) is 10.6 Å². The molecule has 1 aromatic heterocycles. The van der Waals surface area contributed by atoms with Gasteiger partial charge in [-0.25, -0.2) is 0 Å². The second-order valence-corrected chi connectivity index (χ2v) is 7.18. The Morgan fingerprint density at radius 2 is 2.08 bits per heavy atom. The number of halogens is 1. The lowest BCUT2D eigenvalue weighted by Gasteiger charge is -2.18. The van der Waals surface area contributed by atoms with Crippen LogP contribution in [-0.2, 0) is 0 Å². The fraction of sp³-hybridized carbons (Fsp3) is 0.412. The molecule has 2 N–H and O–H groups in total. The van der Waals surface area contributed by atoms with E-state index in [2.05, 4.69) is 29.4 Å². The van der Waals surface area contributed by atoms with Gasteiger partial charge < -0.3 is 15.0 Å². The number of fused-ring (bicyclic) bond motifs is 1. The van der Waals surface area contributed by atoms with Gasteiger partial charge in [-0.2, -0.15) is 0 Å². The van der Waals surface area contributed by atoms with Crippen molar-refractivity contribution in [3.8, 4) is 5.75 Å². The quantitative estimate of drug-likeness (QED) is 0.698. The molecule has 0 aliphatic carbocycles. The summed E-state index contributed by atoms with van der Waals surface area (Å²) in [6.45, 7) is 7.74. The van der Waals surface area contributed by atoms with Gasteiger partial charge in [-0.1, -0.05) is 25.4 Å². The zero-order chi connectivity index (χ0) is 18.4. The van der Waals surface area contributed by atoms with Gasteiger partial charge in [0.25, 0.3) is 5.91 Å². The summed E-state index contributed by atoms with van der Waals surface area (Å²) in [5, 5.41) is 7.32. The van der Waals surface area contributed by atoms with E-state index in [1.165, 1.54) is 11.3 Å². The van der Waals surface area contributed by atoms with Crippen LogP contribution < -0.4 is 15.4 Å². The number of thiophene rings is 1. The Bertz CT molecular complexity index is 760. The maximum absolute atomic E-state index is 12.5. The Balaban J connectivity index is 1.99. The third-order valence-corrected chi connectivity index (χ3v) is 5.78. The third kappa shape index (κ3) is 5.04. The van der Waals surface area contributed by atoms with Crippen LogP contribution in [-0.4, -0.2) is 49.2 Å². The van der Waals surface area contributed by atoms with Crippen molar-refractivity contribution < 1.29 is 9.53 Å². The largest absolute Gasteiger partial charge is 0.497 e. The predicted octanol–water partition coefficient (Wildman–Crippen LogP) is 3.51. The molecular formula is C17H22ClN3O2S2. The van der Waals surface area contributed by atoms with Crippen LogP contribution in [0.15, 0.2) is 18.2 Å². The van der Waals surface area contributed by atoms with Crippen LogP contribution >= 0.6 is 35.2 Å². The fourth-order valence-corrected chi connectivity index (χ4v) is 4.03. The minimum absolute atomic E-state index is 0.300. The van der Waals surface area contributed by atoms with Crippen LogP contribution in [0.5, 0.6) is 5.75 Å². The van der Waals surface area contributed by atoms with Crippen molar-refractivity contribution in [3.63, 3.8) is 0 Å². The first-order valence-electron chi connectivity index (χ1n) is 8.07. The van der Waals surface area contributed by atoms with Crippen molar-refractivity contribution in [1.82, 2.24) is 15.5 Å². The maximum Gasteiger partial charge on any atom is 0.269 e. The Morgan fingerprint density at radius 1 is 1.36 bits per heavy atom. The van der Waals surface area contributed by atoms with Gasteiger partial charge in [0.15, 0.2) is 5.11 Å². The van der Waals surface area contributed by atoms with Gasteiger partial charge in [-0.3, -0.25) is 10.1 Å². The topological polar surface area (TPSA) is 53.6 Å². The van der Waals surface area contributed by atoms with Crippen LogP contribution in [0.1, 0.15) is 23.5 Å². The van der Waals surface area contributed by atoms with E-state index in [-0.39, 0.29) is 5.91 Å². The van der Waals surface area contributed by atoms with Gasteiger partial charge in [-0.15, -0.1) is 11.3 Å². The molecule has 25 heavy (non-hydrogen) atoms. The molecule has 1 heterocycles. The van der Waals surface area contributed by atoms with Gasteiger partial charge in [0.05, 0.1) is 12.1 Å². The van der Waals surface area contributed by atoms with Crippen LogP contribution in [0, 0.1) is 0 Å². The van der Waals surface area contributed by atoms with E-state index in [1.807, 2.05) is 18.2 Å². The predicted molar refractivity (Wildman–Crippen MR) is 109 cm³/mol. The van der Waals surface area contributed by atoms with Gasteiger partial charge in [0.2, 0.25) is 0 Å². The van der Waals surface area contributed by atoms with Crippen molar-refractivity contribution >= 4 is 56.3 Å². The first-order chi connectivity index (χ1) is 12.0. The molecule has 0 saturated heterocycles. The minimum atomic E-state index is -0.300. The third-order valence-electron chi connectivity index (χ3n) is 3.88. The number of benzene rings is 1. The number of thiocarbonyl (C=S) groups is 1. The normalized spacial score (nSPS) is 10.9. The van der Waals surface area contributed by atoms with Gasteiger partial charge in [-0.05, 0) is 43.5 Å². The minimum Gasteiger partial charge on any atom is -0.497 e. The number of carbonyl (C=O) groups is 1. The molecule has 5 nitrogen and oxygen atoms in total. The highest BCUT2D eigenvalue weighted by molar-refractivity contribution is 7.80. The van der Waals surface area contributed by atoms with Crippen molar-refractivity contribution in [2.75, 3.05) is 33.3 Å². The number of likely N-dealkylation sites (N-methyl/N-ethyl adjacent to an activating group) is 1. The summed E-state index contributed by atoms with van der Waals surface area (Å²) in [6.07, 6.45) is 0. The molecule has 8 heteroatoms. The van der Waals surface area contributed by atoms with Crippen molar-refractivity contribution in [2.24, 2.45) is 0 Å². The number of amides is 1. The molecule has 2 aromatic rings. The van der Waals surface area contributed by atoms with Crippen LogP contribution in [0.4, 0.5) is 0 Å². The molecule has 0 saturated carbocycles. The maximum atomic E-state index is 12.5.